The molecule has 1 aromatic carbocycles. The number of hydrogen-bond donors (Lipinski definition) is 1. The second-order valence-electron chi connectivity index (χ2n) is 3.91. The van der Waals surface area contributed by atoms with Gasteiger partial charge in [0.1, 0.15) is 0 Å². The first-order valence-corrected chi connectivity index (χ1v) is 7.13. The lowest BCUT2D eigenvalue weighted by Crippen LogP contribution is -2.02. The molecule has 2 rings (SSSR count). The number of nitrogens with one attached hydrogen (secondary N) is 1. The standard InChI is InChI=1S/C13H14ClIN2O/c1-3-16-12-6-9(7-18-2)17-13-10(12)4-8(15)5-11(13)14/h4-6H,3,7H2,1-2H3,(H,16,17). The van der Waals surface area contributed by atoms with Gasteiger partial charge >= 0.3 is 0 Å². The Morgan fingerprint density at radius 1 is 1.39 bits per heavy atom. The molecule has 0 spiro atoms. The predicted octanol–water partition coefficient (Wildman–Crippen LogP) is 4.07. The van der Waals surface area contributed by atoms with Crippen LogP contribution in [0.4, 0.5) is 5.69 Å². The lowest BCUT2D eigenvalue weighted by atomic mass is 10.1. The van der Waals surface area contributed by atoms with Gasteiger partial charge in [-0.1, -0.05) is 11.6 Å². The van der Waals surface area contributed by atoms with Gasteiger partial charge in [-0.25, -0.2) is 4.98 Å². The highest BCUT2D eigenvalue weighted by atomic mass is 127. The summed E-state index contributed by atoms with van der Waals surface area (Å²) in [5, 5.41) is 5.07. The first-order chi connectivity index (χ1) is 8.65. The number of fused-ring (bicyclic) bond motifs is 1. The number of anilines is 1. The zero-order valence-corrected chi connectivity index (χ0v) is 13.2. The highest BCUT2D eigenvalue weighted by molar-refractivity contribution is 14.1. The topological polar surface area (TPSA) is 34.1 Å². The molecule has 1 heterocycles. The van der Waals surface area contributed by atoms with Crippen molar-refractivity contribution >= 4 is 50.8 Å². The summed E-state index contributed by atoms with van der Waals surface area (Å²) in [6, 6.07) is 6.02. The maximum atomic E-state index is 6.27. The predicted molar refractivity (Wildman–Crippen MR) is 84.3 cm³/mol. The molecular weight excluding hydrogens is 363 g/mol. The Balaban J connectivity index is 2.68. The molecule has 1 N–H and O–H groups in total. The molecule has 0 aliphatic carbocycles. The number of aromatic nitrogens is 1. The Labute approximate surface area is 125 Å². The summed E-state index contributed by atoms with van der Waals surface area (Å²) in [6.45, 7) is 3.41. The van der Waals surface area contributed by atoms with E-state index in [1.807, 2.05) is 12.1 Å². The fourth-order valence-corrected chi connectivity index (χ4v) is 2.93. The van der Waals surface area contributed by atoms with Gasteiger partial charge < -0.3 is 10.1 Å². The van der Waals surface area contributed by atoms with Crippen LogP contribution in [-0.4, -0.2) is 18.6 Å². The Bertz CT molecular complexity index is 574. The van der Waals surface area contributed by atoms with Gasteiger partial charge in [0.15, 0.2) is 0 Å². The average Bonchev–Trinajstić information content (AvgIpc) is 2.31. The molecule has 5 heteroatoms. The maximum Gasteiger partial charge on any atom is 0.0913 e. The summed E-state index contributed by atoms with van der Waals surface area (Å²) in [6.07, 6.45) is 0. The third-order valence-corrected chi connectivity index (χ3v) is 3.46. The number of pyridine rings is 1. The van der Waals surface area contributed by atoms with Crippen molar-refractivity contribution in [2.24, 2.45) is 0 Å². The van der Waals surface area contributed by atoms with E-state index in [1.54, 1.807) is 7.11 Å². The normalized spacial score (nSPS) is 10.9. The van der Waals surface area contributed by atoms with E-state index in [9.17, 15) is 0 Å². The number of rotatable bonds is 4. The molecule has 0 radical (unpaired) electrons. The Morgan fingerprint density at radius 2 is 2.17 bits per heavy atom. The lowest BCUT2D eigenvalue weighted by Gasteiger charge is -2.11. The molecule has 0 bridgehead atoms. The van der Waals surface area contributed by atoms with Crippen LogP contribution in [0.1, 0.15) is 12.6 Å². The summed E-state index contributed by atoms with van der Waals surface area (Å²) in [7, 11) is 1.66. The minimum Gasteiger partial charge on any atom is -0.385 e. The number of ether oxygens (including phenoxy) is 1. The number of nitrogens with zero attached hydrogens (tertiary/aromatic N) is 1. The molecule has 3 nitrogen and oxygen atoms in total. The first kappa shape index (κ1) is 13.8. The second-order valence-corrected chi connectivity index (χ2v) is 5.56. The van der Waals surface area contributed by atoms with E-state index in [0.29, 0.717) is 11.6 Å². The fourth-order valence-electron chi connectivity index (χ4n) is 1.86. The van der Waals surface area contributed by atoms with Crippen LogP contribution in [0.15, 0.2) is 18.2 Å². The summed E-state index contributed by atoms with van der Waals surface area (Å²) in [4.78, 5) is 4.55. The van der Waals surface area contributed by atoms with Gasteiger partial charge in [-0.15, -0.1) is 0 Å². The van der Waals surface area contributed by atoms with Gasteiger partial charge in [0, 0.05) is 28.3 Å². The van der Waals surface area contributed by atoms with Crippen molar-refractivity contribution in [1.82, 2.24) is 4.98 Å². The van der Waals surface area contributed by atoms with Gasteiger partial charge in [0.25, 0.3) is 0 Å². The fraction of sp³-hybridized carbons (Fsp3) is 0.308. The molecule has 2 aromatic rings. The molecular formula is C13H14ClIN2O. The number of benzene rings is 1. The van der Waals surface area contributed by atoms with Crippen LogP contribution in [0.25, 0.3) is 10.9 Å². The van der Waals surface area contributed by atoms with Crippen LogP contribution >= 0.6 is 34.2 Å². The van der Waals surface area contributed by atoms with Gasteiger partial charge in [-0.3, -0.25) is 0 Å². The largest absolute Gasteiger partial charge is 0.385 e. The van der Waals surface area contributed by atoms with Crippen molar-refractivity contribution < 1.29 is 4.74 Å². The van der Waals surface area contributed by atoms with Crippen molar-refractivity contribution in [2.45, 2.75) is 13.5 Å². The van der Waals surface area contributed by atoms with Gasteiger partial charge in [-0.05, 0) is 47.7 Å². The van der Waals surface area contributed by atoms with Crippen molar-refractivity contribution in [3.8, 4) is 0 Å². The van der Waals surface area contributed by atoms with Crippen LogP contribution in [0.2, 0.25) is 5.02 Å². The average molecular weight is 377 g/mol. The van der Waals surface area contributed by atoms with Crippen LogP contribution in [-0.2, 0) is 11.3 Å². The van der Waals surface area contributed by atoms with E-state index in [2.05, 4.69) is 45.9 Å². The third kappa shape index (κ3) is 2.87. The molecule has 18 heavy (non-hydrogen) atoms. The molecule has 0 atom stereocenters. The molecule has 1 aromatic heterocycles. The van der Waals surface area contributed by atoms with Crippen LogP contribution < -0.4 is 5.32 Å². The maximum absolute atomic E-state index is 6.27. The van der Waals surface area contributed by atoms with Crippen molar-refractivity contribution in [2.75, 3.05) is 19.0 Å². The summed E-state index contributed by atoms with van der Waals surface area (Å²) in [5.41, 5.74) is 2.75. The van der Waals surface area contributed by atoms with Crippen LogP contribution in [0, 0.1) is 3.57 Å². The quantitative estimate of drug-likeness (QED) is 0.817. The van der Waals surface area contributed by atoms with Crippen LogP contribution in [0.5, 0.6) is 0 Å². The highest BCUT2D eigenvalue weighted by Gasteiger charge is 2.09. The van der Waals surface area contributed by atoms with Crippen LogP contribution in [0.3, 0.4) is 0 Å². The van der Waals surface area contributed by atoms with E-state index < -0.39 is 0 Å². The van der Waals surface area contributed by atoms with E-state index in [-0.39, 0.29) is 0 Å². The number of methoxy groups -OCH3 is 1. The SMILES string of the molecule is CCNc1cc(COC)nc2c(Cl)cc(I)cc12. The van der Waals surface area contributed by atoms with Crippen molar-refractivity contribution in [3.05, 3.63) is 32.5 Å². The Morgan fingerprint density at radius 3 is 2.83 bits per heavy atom. The van der Waals surface area contributed by atoms with E-state index in [1.165, 1.54) is 0 Å². The molecule has 0 unspecified atom stereocenters. The second kappa shape index (κ2) is 6.04. The van der Waals surface area contributed by atoms with Gasteiger partial charge in [0.2, 0.25) is 0 Å². The molecule has 0 fully saturated rings. The van der Waals surface area contributed by atoms with Crippen molar-refractivity contribution in [1.29, 1.82) is 0 Å². The molecule has 0 amide bonds. The van der Waals surface area contributed by atoms with Crippen molar-refractivity contribution in [3.63, 3.8) is 0 Å². The molecule has 0 aliphatic rings. The summed E-state index contributed by atoms with van der Waals surface area (Å²) >= 11 is 8.53. The zero-order valence-electron chi connectivity index (χ0n) is 10.3. The first-order valence-electron chi connectivity index (χ1n) is 5.67. The minimum atomic E-state index is 0.483. The zero-order chi connectivity index (χ0) is 13.1. The lowest BCUT2D eigenvalue weighted by molar-refractivity contribution is 0.182. The van der Waals surface area contributed by atoms with Gasteiger partial charge in [0.05, 0.1) is 22.8 Å². The third-order valence-electron chi connectivity index (χ3n) is 2.54. The minimum absolute atomic E-state index is 0.483. The molecule has 0 aliphatic heterocycles. The van der Waals surface area contributed by atoms with Gasteiger partial charge in [-0.2, -0.15) is 0 Å². The molecule has 0 saturated carbocycles. The number of hydrogen-bond acceptors (Lipinski definition) is 3. The summed E-state index contributed by atoms with van der Waals surface area (Å²) < 4.78 is 6.24. The number of halogens is 2. The van der Waals surface area contributed by atoms with E-state index in [0.717, 1.165) is 32.4 Å². The monoisotopic (exact) mass is 376 g/mol. The Kier molecular flexibility index (Phi) is 4.64. The highest BCUT2D eigenvalue weighted by Crippen LogP contribution is 2.30. The molecule has 0 saturated heterocycles. The van der Waals surface area contributed by atoms with E-state index >= 15 is 0 Å². The van der Waals surface area contributed by atoms with E-state index in [4.69, 9.17) is 16.3 Å². The molecule has 96 valence electrons. The summed E-state index contributed by atoms with van der Waals surface area (Å²) in [5.74, 6) is 0. The Hall–Kier alpha value is -0.590. The smallest absolute Gasteiger partial charge is 0.0913 e.